The number of para-hydroxylation sites is 1. The molecule has 0 spiro atoms. The number of phenols is 1. The Morgan fingerprint density at radius 2 is 1.85 bits per heavy atom. The van der Waals surface area contributed by atoms with Crippen LogP contribution in [0.25, 0.3) is 27.7 Å². The van der Waals surface area contributed by atoms with Crippen LogP contribution in [-0.2, 0) is 5.75 Å². The van der Waals surface area contributed by atoms with Crippen molar-refractivity contribution in [3.8, 4) is 11.6 Å². The zero-order valence-electron chi connectivity index (χ0n) is 17.9. The van der Waals surface area contributed by atoms with Gasteiger partial charge in [0.05, 0.1) is 10.9 Å². The summed E-state index contributed by atoms with van der Waals surface area (Å²) in [5.41, 5.74) is 2.43. The summed E-state index contributed by atoms with van der Waals surface area (Å²) in [6.07, 6.45) is 1.70. The standard InChI is InChI=1S/C25H19N3O4S/c1-14-7-10-21(26-12-14)28-24(31)18-5-3-4-6-19(18)27-25(28)33-13-16-11-22(30)32-23-15(2)20(29)9-8-17(16)23/h3-12,29H,13H2,1-2H3. The predicted molar refractivity (Wildman–Crippen MR) is 128 cm³/mol. The minimum absolute atomic E-state index is 0.0610. The van der Waals surface area contributed by atoms with Gasteiger partial charge in [-0.05, 0) is 55.3 Å². The third-order valence-electron chi connectivity index (χ3n) is 5.44. The lowest BCUT2D eigenvalue weighted by atomic mass is 10.1. The summed E-state index contributed by atoms with van der Waals surface area (Å²) in [4.78, 5) is 34.7. The van der Waals surface area contributed by atoms with E-state index in [4.69, 9.17) is 9.40 Å². The Hall–Kier alpha value is -3.91. The van der Waals surface area contributed by atoms with Gasteiger partial charge < -0.3 is 9.52 Å². The maximum absolute atomic E-state index is 13.4. The van der Waals surface area contributed by atoms with Crippen molar-refractivity contribution in [3.63, 3.8) is 0 Å². The van der Waals surface area contributed by atoms with Crippen LogP contribution in [-0.4, -0.2) is 19.6 Å². The Bertz CT molecular complexity index is 1640. The second-order valence-electron chi connectivity index (χ2n) is 7.71. The van der Waals surface area contributed by atoms with Crippen molar-refractivity contribution in [2.45, 2.75) is 24.8 Å². The number of hydrogen-bond acceptors (Lipinski definition) is 7. The topological polar surface area (TPSA) is 98.2 Å². The van der Waals surface area contributed by atoms with Crippen molar-refractivity contribution in [3.05, 3.63) is 98.3 Å². The van der Waals surface area contributed by atoms with E-state index in [9.17, 15) is 14.7 Å². The molecule has 5 rings (SSSR count). The number of aryl methyl sites for hydroxylation is 2. The molecule has 0 unspecified atom stereocenters. The van der Waals surface area contributed by atoms with Gasteiger partial charge >= 0.3 is 5.63 Å². The van der Waals surface area contributed by atoms with Gasteiger partial charge in [0, 0.05) is 29.0 Å². The van der Waals surface area contributed by atoms with Crippen LogP contribution in [0.2, 0.25) is 0 Å². The third-order valence-corrected chi connectivity index (χ3v) is 6.43. The van der Waals surface area contributed by atoms with Gasteiger partial charge in [0.15, 0.2) is 5.16 Å². The molecule has 1 N–H and O–H groups in total. The number of fused-ring (bicyclic) bond motifs is 2. The van der Waals surface area contributed by atoms with Crippen molar-refractivity contribution in [1.82, 2.24) is 14.5 Å². The van der Waals surface area contributed by atoms with Gasteiger partial charge in [0.1, 0.15) is 17.2 Å². The highest BCUT2D eigenvalue weighted by molar-refractivity contribution is 7.98. The first-order valence-electron chi connectivity index (χ1n) is 10.3. The summed E-state index contributed by atoms with van der Waals surface area (Å²) in [5, 5.41) is 11.7. The van der Waals surface area contributed by atoms with E-state index in [1.165, 1.54) is 22.4 Å². The lowest BCUT2D eigenvalue weighted by Gasteiger charge is -2.13. The van der Waals surface area contributed by atoms with E-state index in [-0.39, 0.29) is 11.3 Å². The normalized spacial score (nSPS) is 11.3. The molecular weight excluding hydrogens is 438 g/mol. The summed E-state index contributed by atoms with van der Waals surface area (Å²) in [7, 11) is 0. The SMILES string of the molecule is Cc1ccc(-n2c(SCc3cc(=O)oc4c(C)c(O)ccc34)nc3ccccc3c2=O)nc1. The van der Waals surface area contributed by atoms with Gasteiger partial charge in [-0.1, -0.05) is 30.0 Å². The monoisotopic (exact) mass is 457 g/mol. The van der Waals surface area contributed by atoms with Gasteiger partial charge in [0.2, 0.25) is 0 Å². The fourth-order valence-electron chi connectivity index (χ4n) is 3.68. The van der Waals surface area contributed by atoms with Gasteiger partial charge in [-0.3, -0.25) is 4.79 Å². The first-order valence-corrected chi connectivity index (χ1v) is 11.2. The van der Waals surface area contributed by atoms with E-state index in [1.807, 2.05) is 19.1 Å². The van der Waals surface area contributed by atoms with Crippen LogP contribution in [0.4, 0.5) is 0 Å². The molecular formula is C25H19N3O4S. The first-order chi connectivity index (χ1) is 15.9. The largest absolute Gasteiger partial charge is 0.508 e. The second-order valence-corrected chi connectivity index (χ2v) is 8.65. The van der Waals surface area contributed by atoms with Crippen molar-refractivity contribution in [1.29, 1.82) is 0 Å². The van der Waals surface area contributed by atoms with Gasteiger partial charge in [-0.15, -0.1) is 0 Å². The van der Waals surface area contributed by atoms with E-state index in [0.717, 1.165) is 16.5 Å². The Balaban J connectivity index is 1.65. The fourth-order valence-corrected chi connectivity index (χ4v) is 4.67. The maximum Gasteiger partial charge on any atom is 0.336 e. The number of nitrogens with zero attached hydrogens (tertiary/aromatic N) is 3. The number of hydrogen-bond donors (Lipinski definition) is 1. The van der Waals surface area contributed by atoms with Crippen molar-refractivity contribution in [2.24, 2.45) is 0 Å². The maximum atomic E-state index is 13.4. The van der Waals surface area contributed by atoms with Gasteiger partial charge in [-0.25, -0.2) is 19.3 Å². The number of aromatic nitrogens is 3. The van der Waals surface area contributed by atoms with Crippen molar-refractivity contribution in [2.75, 3.05) is 0 Å². The molecule has 2 aromatic carbocycles. The molecule has 0 bridgehead atoms. The quantitative estimate of drug-likeness (QED) is 0.241. The van der Waals surface area contributed by atoms with Crippen LogP contribution in [0.5, 0.6) is 5.75 Å². The molecule has 0 amide bonds. The van der Waals surface area contributed by atoms with E-state index in [2.05, 4.69) is 4.98 Å². The summed E-state index contributed by atoms with van der Waals surface area (Å²) in [6.45, 7) is 3.63. The Labute approximate surface area is 192 Å². The zero-order chi connectivity index (χ0) is 23.1. The van der Waals surface area contributed by atoms with Crippen molar-refractivity contribution < 1.29 is 9.52 Å². The Kier molecular flexibility index (Phi) is 5.22. The number of rotatable bonds is 4. The highest BCUT2D eigenvalue weighted by Gasteiger charge is 2.16. The van der Waals surface area contributed by atoms with Crippen LogP contribution in [0.3, 0.4) is 0 Å². The Morgan fingerprint density at radius 1 is 1.03 bits per heavy atom. The average Bonchev–Trinajstić information content (AvgIpc) is 2.81. The molecule has 3 heterocycles. The van der Waals surface area contributed by atoms with Crippen LogP contribution >= 0.6 is 11.8 Å². The zero-order valence-corrected chi connectivity index (χ0v) is 18.7. The molecule has 7 nitrogen and oxygen atoms in total. The predicted octanol–water partition coefficient (Wildman–Crippen LogP) is 4.50. The highest BCUT2D eigenvalue weighted by atomic mass is 32.2. The molecule has 8 heteroatoms. The molecule has 33 heavy (non-hydrogen) atoms. The van der Waals surface area contributed by atoms with E-state index in [1.54, 1.807) is 49.5 Å². The van der Waals surface area contributed by atoms with Gasteiger partial charge in [0.25, 0.3) is 5.56 Å². The minimum atomic E-state index is -0.504. The summed E-state index contributed by atoms with van der Waals surface area (Å²) < 4.78 is 6.84. The molecule has 0 saturated carbocycles. The molecule has 3 aromatic heterocycles. The highest BCUT2D eigenvalue weighted by Crippen LogP contribution is 2.31. The fraction of sp³-hybridized carbons (Fsp3) is 0.120. The van der Waals surface area contributed by atoms with Crippen molar-refractivity contribution >= 4 is 33.6 Å². The molecule has 164 valence electrons. The molecule has 0 saturated heterocycles. The average molecular weight is 458 g/mol. The van der Waals surface area contributed by atoms with Gasteiger partial charge in [-0.2, -0.15) is 0 Å². The molecule has 0 aliphatic carbocycles. The number of phenolic OH excluding ortho intramolecular Hbond substituents is 1. The number of thioether (sulfide) groups is 1. The molecule has 0 aliphatic heterocycles. The molecule has 0 aliphatic rings. The lowest BCUT2D eigenvalue weighted by Crippen LogP contribution is -2.22. The smallest absolute Gasteiger partial charge is 0.336 e. The summed E-state index contributed by atoms with van der Waals surface area (Å²) in [5.74, 6) is 0.902. The van der Waals surface area contributed by atoms with Crippen LogP contribution < -0.4 is 11.2 Å². The second kappa shape index (κ2) is 8.22. The first kappa shape index (κ1) is 21.0. The molecule has 0 fully saturated rings. The van der Waals surface area contributed by atoms with E-state index < -0.39 is 5.63 Å². The molecule has 5 aromatic rings. The Morgan fingerprint density at radius 3 is 2.64 bits per heavy atom. The number of pyridine rings is 1. The number of aromatic hydroxyl groups is 1. The van der Waals surface area contributed by atoms with Crippen LogP contribution in [0.15, 0.2) is 80.0 Å². The minimum Gasteiger partial charge on any atom is -0.508 e. The van der Waals surface area contributed by atoms with E-state index in [0.29, 0.717) is 38.8 Å². The van der Waals surface area contributed by atoms with E-state index >= 15 is 0 Å². The third kappa shape index (κ3) is 3.78. The van der Waals surface area contributed by atoms with Crippen LogP contribution in [0, 0.1) is 13.8 Å². The number of benzene rings is 2. The lowest BCUT2D eigenvalue weighted by molar-refractivity contribution is 0.468. The van der Waals surface area contributed by atoms with Crippen LogP contribution in [0.1, 0.15) is 16.7 Å². The summed E-state index contributed by atoms with van der Waals surface area (Å²) in [6, 6.07) is 15.6. The molecule has 0 atom stereocenters. The molecule has 0 radical (unpaired) electrons. The summed E-state index contributed by atoms with van der Waals surface area (Å²) >= 11 is 1.33.